The Hall–Kier alpha value is -1.18. The number of allylic oxidation sites excluding steroid dienone is 6. The zero-order valence-electron chi connectivity index (χ0n) is 11.4. The molecule has 0 aromatic carbocycles. The molecule has 0 bridgehead atoms. The first-order valence-corrected chi connectivity index (χ1v) is 5.18. The second kappa shape index (κ2) is 15.3. The SMILES string of the molecule is CC=C(C)C.CC=C(C)N.CC=C(C)N. The highest BCUT2D eigenvalue weighted by Crippen LogP contribution is 1.82. The number of hydrogen-bond acceptors (Lipinski definition) is 2. The molecule has 15 heavy (non-hydrogen) atoms. The van der Waals surface area contributed by atoms with E-state index in [4.69, 9.17) is 11.5 Å². The minimum atomic E-state index is 0.880. The summed E-state index contributed by atoms with van der Waals surface area (Å²) in [4.78, 5) is 0. The fourth-order valence-electron chi connectivity index (χ4n) is 0. The van der Waals surface area contributed by atoms with Crippen molar-refractivity contribution in [2.75, 3.05) is 0 Å². The molecule has 0 aliphatic rings. The average molecular weight is 212 g/mol. The summed E-state index contributed by atoms with van der Waals surface area (Å²) in [5.41, 5.74) is 13.4. The predicted molar refractivity (Wildman–Crippen MR) is 72.3 cm³/mol. The van der Waals surface area contributed by atoms with Crippen molar-refractivity contribution in [3.8, 4) is 0 Å². The zero-order valence-corrected chi connectivity index (χ0v) is 11.4. The molecule has 0 rings (SSSR count). The lowest BCUT2D eigenvalue weighted by Gasteiger charge is -1.76. The van der Waals surface area contributed by atoms with Gasteiger partial charge in [-0.2, -0.15) is 0 Å². The molecular weight excluding hydrogens is 184 g/mol. The van der Waals surface area contributed by atoms with Crippen LogP contribution in [-0.2, 0) is 0 Å². The Kier molecular flexibility index (Phi) is 19.8. The van der Waals surface area contributed by atoms with Crippen molar-refractivity contribution in [1.82, 2.24) is 0 Å². The molecule has 0 spiro atoms. The van der Waals surface area contributed by atoms with Gasteiger partial charge in [-0.1, -0.05) is 23.8 Å². The minimum absolute atomic E-state index is 0.880. The fourth-order valence-corrected chi connectivity index (χ4v) is 0. The van der Waals surface area contributed by atoms with E-state index in [0.29, 0.717) is 0 Å². The third-order valence-corrected chi connectivity index (χ3v) is 1.49. The molecule has 0 aliphatic carbocycles. The van der Waals surface area contributed by atoms with Gasteiger partial charge in [0, 0.05) is 11.4 Å². The smallest absolute Gasteiger partial charge is 0.000552 e. The molecule has 4 N–H and O–H groups in total. The third kappa shape index (κ3) is 64.6. The molecule has 0 amide bonds. The maximum Gasteiger partial charge on any atom is 0.000552 e. The first kappa shape index (κ1) is 19.4. The Balaban J connectivity index is -0.000000144. The molecule has 0 saturated heterocycles. The molecule has 2 heteroatoms. The van der Waals surface area contributed by atoms with Crippen molar-refractivity contribution in [3.63, 3.8) is 0 Å². The van der Waals surface area contributed by atoms with Crippen LogP contribution in [0.4, 0.5) is 0 Å². The molecule has 0 aromatic rings. The lowest BCUT2D eigenvalue weighted by molar-refractivity contribution is 1.29. The Bertz CT molecular complexity index is 161. The van der Waals surface area contributed by atoms with Gasteiger partial charge >= 0.3 is 0 Å². The standard InChI is InChI=1S/C5H10.2C4H9N/c1-4-5(2)3;2*1-3-4(2)5/h4H,1-3H3;2*3H,5H2,1-2H3. The monoisotopic (exact) mass is 212 g/mol. The Morgan fingerprint density at radius 3 is 0.800 bits per heavy atom. The lowest BCUT2D eigenvalue weighted by atomic mass is 10.3. The van der Waals surface area contributed by atoms with E-state index >= 15 is 0 Å². The van der Waals surface area contributed by atoms with Crippen molar-refractivity contribution in [2.45, 2.75) is 48.5 Å². The van der Waals surface area contributed by atoms with E-state index in [9.17, 15) is 0 Å². The predicted octanol–water partition coefficient (Wildman–Crippen LogP) is 3.71. The minimum Gasteiger partial charge on any atom is -0.403 e. The maximum atomic E-state index is 5.15. The van der Waals surface area contributed by atoms with E-state index in [2.05, 4.69) is 19.9 Å². The van der Waals surface area contributed by atoms with Crippen molar-refractivity contribution in [2.24, 2.45) is 11.5 Å². The van der Waals surface area contributed by atoms with Crippen LogP contribution in [-0.4, -0.2) is 0 Å². The van der Waals surface area contributed by atoms with Gasteiger partial charge in [0.15, 0.2) is 0 Å². The molecule has 90 valence electrons. The largest absolute Gasteiger partial charge is 0.403 e. The van der Waals surface area contributed by atoms with Crippen LogP contribution in [0.25, 0.3) is 0 Å². The van der Waals surface area contributed by atoms with Gasteiger partial charge in [-0.3, -0.25) is 0 Å². The molecule has 0 radical (unpaired) electrons. The second-order valence-electron chi connectivity index (χ2n) is 3.43. The van der Waals surface area contributed by atoms with Crippen LogP contribution in [0.5, 0.6) is 0 Å². The molecule has 0 unspecified atom stereocenters. The fraction of sp³-hybridized carbons (Fsp3) is 0.538. The normalized spacial score (nSPS) is 10.3. The Labute approximate surface area is 95.7 Å². The van der Waals surface area contributed by atoms with Crippen LogP contribution in [0, 0.1) is 0 Å². The molecule has 0 atom stereocenters. The highest BCUT2D eigenvalue weighted by atomic mass is 14.5. The summed E-state index contributed by atoms with van der Waals surface area (Å²) >= 11 is 0. The number of rotatable bonds is 0. The molecule has 0 aromatic heterocycles. The third-order valence-electron chi connectivity index (χ3n) is 1.49. The van der Waals surface area contributed by atoms with E-state index in [1.54, 1.807) is 0 Å². The van der Waals surface area contributed by atoms with Crippen LogP contribution in [0.15, 0.2) is 35.2 Å². The Morgan fingerprint density at radius 1 is 0.667 bits per heavy atom. The van der Waals surface area contributed by atoms with Gasteiger partial charge in [-0.25, -0.2) is 0 Å². The Morgan fingerprint density at radius 2 is 0.800 bits per heavy atom. The highest BCUT2D eigenvalue weighted by molar-refractivity contribution is 4.88. The summed E-state index contributed by atoms with van der Waals surface area (Å²) in [5, 5.41) is 0. The van der Waals surface area contributed by atoms with Gasteiger partial charge < -0.3 is 11.5 Å². The van der Waals surface area contributed by atoms with Gasteiger partial charge in [-0.05, 0) is 48.5 Å². The van der Waals surface area contributed by atoms with Crippen molar-refractivity contribution in [3.05, 3.63) is 35.2 Å². The van der Waals surface area contributed by atoms with Gasteiger partial charge in [-0.15, -0.1) is 0 Å². The van der Waals surface area contributed by atoms with Crippen LogP contribution in [0.3, 0.4) is 0 Å². The summed E-state index contributed by atoms with van der Waals surface area (Å²) in [6.45, 7) is 13.7. The summed E-state index contributed by atoms with van der Waals surface area (Å²) in [5.74, 6) is 0. The van der Waals surface area contributed by atoms with E-state index in [-0.39, 0.29) is 0 Å². The van der Waals surface area contributed by atoms with Crippen LogP contribution in [0.1, 0.15) is 48.5 Å². The first-order chi connectivity index (χ1) is 6.81. The first-order valence-electron chi connectivity index (χ1n) is 5.18. The van der Waals surface area contributed by atoms with Crippen molar-refractivity contribution in [1.29, 1.82) is 0 Å². The molecule has 0 saturated carbocycles. The number of nitrogens with two attached hydrogens (primary N) is 2. The molecule has 0 aliphatic heterocycles. The zero-order chi connectivity index (χ0) is 12.9. The van der Waals surface area contributed by atoms with E-state index in [1.807, 2.05) is 46.8 Å². The second-order valence-corrected chi connectivity index (χ2v) is 3.43. The average Bonchev–Trinajstić information content (AvgIpc) is 2.19. The van der Waals surface area contributed by atoms with E-state index in [1.165, 1.54) is 5.57 Å². The van der Waals surface area contributed by atoms with Gasteiger partial charge in [0.1, 0.15) is 0 Å². The van der Waals surface area contributed by atoms with E-state index < -0.39 is 0 Å². The molecule has 0 fully saturated rings. The van der Waals surface area contributed by atoms with Gasteiger partial charge in [0.05, 0.1) is 0 Å². The van der Waals surface area contributed by atoms with Crippen molar-refractivity contribution < 1.29 is 0 Å². The summed E-state index contributed by atoms with van der Waals surface area (Å²) in [6, 6.07) is 0. The number of hydrogen-bond donors (Lipinski definition) is 2. The lowest BCUT2D eigenvalue weighted by Crippen LogP contribution is -1.86. The van der Waals surface area contributed by atoms with Crippen LogP contribution < -0.4 is 11.5 Å². The highest BCUT2D eigenvalue weighted by Gasteiger charge is 1.61. The quantitative estimate of drug-likeness (QED) is 0.601. The molecular formula is C13H28N2. The van der Waals surface area contributed by atoms with Crippen LogP contribution >= 0.6 is 0 Å². The summed E-state index contributed by atoms with van der Waals surface area (Å²) in [6.07, 6.45) is 5.81. The topological polar surface area (TPSA) is 52.0 Å². The van der Waals surface area contributed by atoms with Crippen molar-refractivity contribution >= 4 is 0 Å². The van der Waals surface area contributed by atoms with Crippen LogP contribution in [0.2, 0.25) is 0 Å². The summed E-state index contributed by atoms with van der Waals surface area (Å²) in [7, 11) is 0. The molecule has 0 heterocycles. The maximum absolute atomic E-state index is 5.15. The van der Waals surface area contributed by atoms with Gasteiger partial charge in [0.25, 0.3) is 0 Å². The molecule has 2 nitrogen and oxygen atoms in total. The summed E-state index contributed by atoms with van der Waals surface area (Å²) < 4.78 is 0. The van der Waals surface area contributed by atoms with E-state index in [0.717, 1.165) is 11.4 Å². The van der Waals surface area contributed by atoms with Gasteiger partial charge in [0.2, 0.25) is 0 Å².